The van der Waals surface area contributed by atoms with Crippen molar-refractivity contribution in [2.45, 2.75) is 129 Å². The van der Waals surface area contributed by atoms with E-state index in [1.54, 1.807) is 0 Å². The lowest BCUT2D eigenvalue weighted by atomic mass is 9.40. The van der Waals surface area contributed by atoms with Gasteiger partial charge in [-0.2, -0.15) is 0 Å². The summed E-state index contributed by atoms with van der Waals surface area (Å²) in [6.07, 6.45) is 4.78. The Morgan fingerprint density at radius 2 is 1.72 bits per heavy atom. The van der Waals surface area contributed by atoms with Crippen LogP contribution in [0.4, 0.5) is 0 Å². The molecule has 2 saturated carbocycles. The quantitative estimate of drug-likeness (QED) is 0.208. The van der Waals surface area contributed by atoms with Gasteiger partial charge in [-0.1, -0.05) is 57.2 Å². The number of aliphatic carboxylic acids is 1. The Morgan fingerprint density at radius 1 is 1.07 bits per heavy atom. The van der Waals surface area contributed by atoms with Crippen molar-refractivity contribution in [1.82, 2.24) is 0 Å². The molecule has 0 unspecified atom stereocenters. The van der Waals surface area contributed by atoms with Crippen LogP contribution in [0.5, 0.6) is 0 Å². The summed E-state index contributed by atoms with van der Waals surface area (Å²) in [5.74, 6) is -0.0554. The van der Waals surface area contributed by atoms with Crippen molar-refractivity contribution in [3.63, 3.8) is 0 Å². The molecule has 0 aromatic heterocycles. The molecule has 0 amide bonds. The Bertz CT molecular complexity index is 1100. The van der Waals surface area contributed by atoms with Crippen LogP contribution in [0.2, 0.25) is 0 Å². The third-order valence-corrected chi connectivity index (χ3v) is 12.6. The molecule has 3 aliphatic carbocycles. The molecule has 0 radical (unpaired) electrons. The number of hydrogen-bond acceptors (Lipinski definition) is 7. The summed E-state index contributed by atoms with van der Waals surface area (Å²) in [4.78, 5) is 11.7. The number of fused-ring (bicyclic) bond motifs is 3. The van der Waals surface area contributed by atoms with Gasteiger partial charge in [-0.15, -0.1) is 0 Å². The molecular weight excluding hydrogens is 548 g/mol. The van der Waals surface area contributed by atoms with Crippen molar-refractivity contribution >= 4 is 5.97 Å². The van der Waals surface area contributed by atoms with Crippen LogP contribution in [-0.2, 0) is 14.3 Å². The molecule has 3 fully saturated rings. The highest BCUT2D eigenvalue weighted by molar-refractivity contribution is 5.66. The molecular formula is C35H56O8. The van der Waals surface area contributed by atoms with Crippen LogP contribution in [-0.4, -0.2) is 74.4 Å². The number of carboxylic acids is 1. The third kappa shape index (κ3) is 6.05. The molecule has 8 nitrogen and oxygen atoms in total. The molecule has 13 atom stereocenters. The number of aliphatic hydroxyl groups excluding tert-OH is 3. The highest BCUT2D eigenvalue weighted by atomic mass is 16.7. The Kier molecular flexibility index (Phi) is 9.84. The SMILES string of the molecule is C=C(C)[C@H](CC[C@](C)(O)[C@H]1CC[C@]2(C)[C@@H]1C=C[C@@H]1[C@@](C)(CCC(=O)O)[C@H](C(=C)C)CC[C@]12C)O[C@@H]1OC[C@H](O)[C@H](O)[C@H]1O. The van der Waals surface area contributed by atoms with Gasteiger partial charge in [0, 0.05) is 6.42 Å². The molecule has 4 rings (SSSR count). The molecule has 1 saturated heterocycles. The molecule has 0 aromatic rings. The van der Waals surface area contributed by atoms with Crippen LogP contribution in [0.15, 0.2) is 36.5 Å². The predicted molar refractivity (Wildman–Crippen MR) is 165 cm³/mol. The minimum Gasteiger partial charge on any atom is -0.481 e. The second-order valence-electron chi connectivity index (χ2n) is 15.3. The van der Waals surface area contributed by atoms with E-state index in [-0.39, 0.29) is 52.9 Å². The van der Waals surface area contributed by atoms with Gasteiger partial charge in [-0.3, -0.25) is 4.79 Å². The molecule has 8 heteroatoms. The van der Waals surface area contributed by atoms with Crippen LogP contribution in [0.25, 0.3) is 0 Å². The molecule has 1 aliphatic heterocycles. The van der Waals surface area contributed by atoms with Gasteiger partial charge in [0.2, 0.25) is 0 Å². The van der Waals surface area contributed by atoms with Crippen LogP contribution >= 0.6 is 0 Å². The first-order valence-corrected chi connectivity index (χ1v) is 16.1. The summed E-state index contributed by atoms with van der Waals surface area (Å²) in [5, 5.41) is 51.9. The van der Waals surface area contributed by atoms with E-state index in [1.165, 1.54) is 0 Å². The van der Waals surface area contributed by atoms with Gasteiger partial charge in [0.05, 0.1) is 18.3 Å². The molecule has 0 aromatic carbocycles. The van der Waals surface area contributed by atoms with E-state index < -0.39 is 42.3 Å². The van der Waals surface area contributed by atoms with E-state index in [1.807, 2.05) is 13.8 Å². The molecule has 0 spiro atoms. The first kappa shape index (κ1) is 34.3. The van der Waals surface area contributed by atoms with Crippen molar-refractivity contribution < 1.29 is 39.8 Å². The summed E-state index contributed by atoms with van der Waals surface area (Å²) < 4.78 is 11.5. The van der Waals surface area contributed by atoms with Crippen LogP contribution < -0.4 is 0 Å². The van der Waals surface area contributed by atoms with E-state index >= 15 is 0 Å². The zero-order valence-electron chi connectivity index (χ0n) is 27.1. The second kappa shape index (κ2) is 12.3. The minimum atomic E-state index is -1.39. The van der Waals surface area contributed by atoms with Crippen LogP contribution in [0, 0.1) is 39.9 Å². The van der Waals surface area contributed by atoms with Gasteiger partial charge in [0.1, 0.15) is 18.3 Å². The maximum atomic E-state index is 12.0. The van der Waals surface area contributed by atoms with Gasteiger partial charge < -0.3 is 35.0 Å². The standard InChI is InChI=1S/C35H56O8/c1-20(2)22-11-17-34(7)27(32(22,5)15-14-28(37)38)10-9-23-24(12-16-33(23,34)6)35(8,41)18-13-26(21(3)4)43-31-30(40)29(39)25(36)19-42-31/h9-10,22-27,29-31,36,39-41H,1,3,11-19H2,2,4-8H3,(H,37,38)/t22-,23+,24-,25-,26-,27+,29-,30+,31-,32-,33+,34+,35-/m0/s1. The normalized spacial score (nSPS) is 44.6. The van der Waals surface area contributed by atoms with Gasteiger partial charge >= 0.3 is 5.97 Å². The Labute approximate surface area is 257 Å². The molecule has 43 heavy (non-hydrogen) atoms. The average Bonchev–Trinajstić information content (AvgIpc) is 3.28. The number of rotatable bonds is 11. The topological polar surface area (TPSA) is 137 Å². The molecule has 244 valence electrons. The summed E-state index contributed by atoms with van der Waals surface area (Å²) in [6.45, 7) is 21.2. The number of hydrogen-bond donors (Lipinski definition) is 5. The van der Waals surface area contributed by atoms with E-state index in [0.29, 0.717) is 19.3 Å². The smallest absolute Gasteiger partial charge is 0.303 e. The lowest BCUT2D eigenvalue weighted by molar-refractivity contribution is -0.279. The van der Waals surface area contributed by atoms with E-state index in [9.17, 15) is 30.3 Å². The van der Waals surface area contributed by atoms with Crippen LogP contribution in [0.1, 0.15) is 92.9 Å². The van der Waals surface area contributed by atoms with E-state index in [0.717, 1.165) is 36.8 Å². The van der Waals surface area contributed by atoms with Crippen molar-refractivity contribution in [2.24, 2.45) is 39.9 Å². The Balaban J connectivity index is 1.54. The maximum absolute atomic E-state index is 12.0. The molecule has 5 N–H and O–H groups in total. The fourth-order valence-corrected chi connectivity index (χ4v) is 9.75. The zero-order chi connectivity index (χ0) is 32.1. The molecule has 1 heterocycles. The van der Waals surface area contributed by atoms with Crippen molar-refractivity contribution in [1.29, 1.82) is 0 Å². The monoisotopic (exact) mass is 604 g/mol. The number of carboxylic acid groups (broad SMARTS) is 1. The summed E-state index contributed by atoms with van der Waals surface area (Å²) in [5.41, 5.74) is 0.576. The summed E-state index contributed by atoms with van der Waals surface area (Å²) in [6, 6.07) is 0. The minimum absolute atomic E-state index is 0.0370. The number of carbonyl (C=O) groups is 1. The van der Waals surface area contributed by atoms with Gasteiger partial charge in [0.25, 0.3) is 0 Å². The first-order valence-electron chi connectivity index (χ1n) is 16.1. The van der Waals surface area contributed by atoms with Crippen molar-refractivity contribution in [3.8, 4) is 0 Å². The number of allylic oxidation sites excluding steroid dienone is 3. The lowest BCUT2D eigenvalue weighted by Gasteiger charge is -2.64. The fourth-order valence-electron chi connectivity index (χ4n) is 9.75. The second-order valence-corrected chi connectivity index (χ2v) is 15.3. The van der Waals surface area contributed by atoms with Gasteiger partial charge in [-0.25, -0.2) is 0 Å². The fraction of sp³-hybridized carbons (Fsp3) is 0.800. The van der Waals surface area contributed by atoms with Crippen molar-refractivity contribution in [3.05, 3.63) is 36.5 Å². The Morgan fingerprint density at radius 3 is 2.33 bits per heavy atom. The summed E-state index contributed by atoms with van der Waals surface area (Å²) >= 11 is 0. The molecule has 0 bridgehead atoms. The average molecular weight is 605 g/mol. The molecule has 4 aliphatic rings. The van der Waals surface area contributed by atoms with Crippen molar-refractivity contribution in [2.75, 3.05) is 6.61 Å². The third-order valence-electron chi connectivity index (χ3n) is 12.6. The van der Waals surface area contributed by atoms with E-state index in [4.69, 9.17) is 9.47 Å². The van der Waals surface area contributed by atoms with E-state index in [2.05, 4.69) is 53.0 Å². The number of ether oxygens (including phenoxy) is 2. The Hall–Kier alpha value is -1.55. The number of aliphatic hydroxyl groups is 4. The van der Waals surface area contributed by atoms with Gasteiger partial charge in [-0.05, 0) is 106 Å². The summed E-state index contributed by atoms with van der Waals surface area (Å²) in [7, 11) is 0. The maximum Gasteiger partial charge on any atom is 0.303 e. The zero-order valence-corrected chi connectivity index (χ0v) is 27.1. The van der Waals surface area contributed by atoms with Gasteiger partial charge in [0.15, 0.2) is 6.29 Å². The predicted octanol–water partition coefficient (Wildman–Crippen LogP) is 5.00. The highest BCUT2D eigenvalue weighted by Gasteiger charge is 2.66. The van der Waals surface area contributed by atoms with Crippen LogP contribution in [0.3, 0.4) is 0 Å². The largest absolute Gasteiger partial charge is 0.481 e. The lowest BCUT2D eigenvalue weighted by Crippen LogP contribution is -2.58. The first-order chi connectivity index (χ1) is 19.9. The highest BCUT2D eigenvalue weighted by Crippen LogP contribution is 2.72.